The largest absolute Gasteiger partial charge is 0.465 e. The second kappa shape index (κ2) is 4.79. The van der Waals surface area contributed by atoms with Gasteiger partial charge in [0, 0.05) is 10.7 Å². The number of rotatable bonds is 2. The van der Waals surface area contributed by atoms with Crippen LogP contribution in [-0.4, -0.2) is 21.5 Å². The summed E-state index contributed by atoms with van der Waals surface area (Å²) in [5, 5.41) is -0.365. The molecule has 0 fully saturated rings. The average molecular weight is 304 g/mol. The molecule has 1 aromatic rings. The first-order valence-electron chi connectivity index (χ1n) is 3.80. The summed E-state index contributed by atoms with van der Waals surface area (Å²) >= 11 is 11.4. The van der Waals surface area contributed by atoms with E-state index in [0.29, 0.717) is 0 Å². The molecule has 0 aromatic heterocycles. The lowest BCUT2D eigenvalue weighted by molar-refractivity contribution is 0.0601. The maximum Gasteiger partial charge on any atom is 0.340 e. The van der Waals surface area contributed by atoms with Gasteiger partial charge in [-0.2, -0.15) is 0 Å². The van der Waals surface area contributed by atoms with Gasteiger partial charge < -0.3 is 4.74 Å². The van der Waals surface area contributed by atoms with Crippen LogP contribution in [0.25, 0.3) is 0 Å². The lowest BCUT2D eigenvalue weighted by Gasteiger charge is -2.07. The van der Waals surface area contributed by atoms with Crippen LogP contribution in [0.15, 0.2) is 17.0 Å². The van der Waals surface area contributed by atoms with Crippen molar-refractivity contribution in [2.24, 2.45) is 0 Å². The van der Waals surface area contributed by atoms with Gasteiger partial charge in [-0.25, -0.2) is 13.2 Å². The molecule has 0 unspecified atom stereocenters. The second-order valence-corrected chi connectivity index (χ2v) is 5.98. The molecule has 16 heavy (non-hydrogen) atoms. The summed E-state index contributed by atoms with van der Waals surface area (Å²) in [5.74, 6) is -0.836. The molecule has 1 rings (SSSR count). The van der Waals surface area contributed by atoms with Crippen molar-refractivity contribution in [3.8, 4) is 0 Å². The van der Waals surface area contributed by atoms with E-state index in [2.05, 4.69) is 4.74 Å². The van der Waals surface area contributed by atoms with Crippen LogP contribution < -0.4 is 0 Å². The highest BCUT2D eigenvalue weighted by molar-refractivity contribution is 8.13. The molecule has 0 saturated heterocycles. The Balaban J connectivity index is 3.57. The van der Waals surface area contributed by atoms with E-state index in [1.165, 1.54) is 6.07 Å². The summed E-state index contributed by atoms with van der Waals surface area (Å²) in [6.07, 6.45) is 0. The third kappa shape index (κ3) is 2.60. The van der Waals surface area contributed by atoms with E-state index in [0.717, 1.165) is 13.2 Å². The van der Waals surface area contributed by atoms with Crippen LogP contribution in [-0.2, 0) is 13.8 Å². The smallest absolute Gasteiger partial charge is 0.340 e. The quantitative estimate of drug-likeness (QED) is 0.622. The minimum atomic E-state index is -4.04. The molecule has 0 aliphatic rings. The number of hydrogen-bond donors (Lipinski definition) is 0. The summed E-state index contributed by atoms with van der Waals surface area (Å²) in [7, 11) is 2.21. The van der Waals surface area contributed by atoms with Crippen LogP contribution in [0.4, 0.5) is 0 Å². The fourth-order valence-electron chi connectivity index (χ4n) is 1.01. The molecule has 0 atom stereocenters. The predicted molar refractivity (Wildman–Crippen MR) is 60.8 cm³/mol. The number of methoxy groups -OCH3 is 1. The monoisotopic (exact) mass is 302 g/mol. The Morgan fingerprint density at radius 3 is 2.31 bits per heavy atom. The molecule has 8 heteroatoms. The third-order valence-corrected chi connectivity index (χ3v) is 3.89. The van der Waals surface area contributed by atoms with E-state index in [9.17, 15) is 13.2 Å². The van der Waals surface area contributed by atoms with Gasteiger partial charge in [0.25, 0.3) is 9.05 Å². The fourth-order valence-corrected chi connectivity index (χ4v) is 2.89. The number of ether oxygens (including phenoxy) is 1. The third-order valence-electron chi connectivity index (χ3n) is 1.71. The average Bonchev–Trinajstić information content (AvgIpc) is 2.15. The minimum absolute atomic E-state index is 0.0130. The van der Waals surface area contributed by atoms with Gasteiger partial charge in [0.15, 0.2) is 0 Å². The number of halogens is 3. The number of esters is 1. The summed E-state index contributed by atoms with van der Waals surface area (Å²) in [4.78, 5) is 10.9. The van der Waals surface area contributed by atoms with Gasteiger partial charge in [-0.3, -0.25) is 0 Å². The van der Waals surface area contributed by atoms with Crippen molar-refractivity contribution >= 4 is 48.9 Å². The Hall–Kier alpha value is -0.490. The van der Waals surface area contributed by atoms with Crippen LogP contribution in [0, 0.1) is 0 Å². The Bertz CT molecular complexity index is 538. The van der Waals surface area contributed by atoms with Crippen LogP contribution in [0.2, 0.25) is 10.0 Å². The Kier molecular flexibility index (Phi) is 4.07. The lowest BCUT2D eigenvalue weighted by atomic mass is 10.2. The Morgan fingerprint density at radius 1 is 1.31 bits per heavy atom. The normalized spacial score (nSPS) is 11.2. The number of benzene rings is 1. The topological polar surface area (TPSA) is 60.4 Å². The van der Waals surface area contributed by atoms with Crippen molar-refractivity contribution in [3.05, 3.63) is 27.7 Å². The molecule has 0 aliphatic carbocycles. The Morgan fingerprint density at radius 2 is 1.88 bits per heavy atom. The van der Waals surface area contributed by atoms with Gasteiger partial charge in [0.05, 0.1) is 22.7 Å². The molecule has 0 N–H and O–H groups in total. The van der Waals surface area contributed by atoms with E-state index in [1.807, 2.05) is 0 Å². The van der Waals surface area contributed by atoms with Crippen molar-refractivity contribution in [1.82, 2.24) is 0 Å². The van der Waals surface area contributed by atoms with Gasteiger partial charge >= 0.3 is 5.97 Å². The number of hydrogen-bond acceptors (Lipinski definition) is 4. The molecule has 0 aliphatic heterocycles. The van der Waals surface area contributed by atoms with Crippen LogP contribution >= 0.6 is 33.9 Å². The molecule has 0 radical (unpaired) electrons. The molecule has 1 aromatic carbocycles. The first-order valence-corrected chi connectivity index (χ1v) is 6.86. The first-order chi connectivity index (χ1) is 7.29. The van der Waals surface area contributed by atoms with E-state index >= 15 is 0 Å². The SMILES string of the molecule is COC(=O)c1c(Cl)ccc(S(=O)(=O)Cl)c1Cl. The van der Waals surface area contributed by atoms with Crippen LogP contribution in [0.5, 0.6) is 0 Å². The number of carbonyl (C=O) groups excluding carboxylic acids is 1. The zero-order valence-corrected chi connectivity index (χ0v) is 10.9. The predicted octanol–water partition coefficient (Wildman–Crippen LogP) is 2.71. The van der Waals surface area contributed by atoms with E-state index in [4.69, 9.17) is 33.9 Å². The molecule has 0 bridgehead atoms. The van der Waals surface area contributed by atoms with Crippen molar-refractivity contribution in [3.63, 3.8) is 0 Å². The van der Waals surface area contributed by atoms with E-state index < -0.39 is 15.0 Å². The Labute approximate surface area is 106 Å². The highest BCUT2D eigenvalue weighted by atomic mass is 35.7. The van der Waals surface area contributed by atoms with E-state index in [-0.39, 0.29) is 20.5 Å². The van der Waals surface area contributed by atoms with Crippen molar-refractivity contribution < 1.29 is 17.9 Å². The first kappa shape index (κ1) is 13.6. The highest BCUT2D eigenvalue weighted by Gasteiger charge is 2.23. The molecule has 0 heterocycles. The van der Waals surface area contributed by atoms with Crippen LogP contribution in [0.3, 0.4) is 0 Å². The zero-order valence-electron chi connectivity index (χ0n) is 7.83. The van der Waals surface area contributed by atoms with Gasteiger partial charge in [-0.15, -0.1) is 0 Å². The van der Waals surface area contributed by atoms with Crippen LogP contribution in [0.1, 0.15) is 10.4 Å². The second-order valence-electron chi connectivity index (χ2n) is 2.66. The van der Waals surface area contributed by atoms with Gasteiger partial charge in [-0.05, 0) is 12.1 Å². The van der Waals surface area contributed by atoms with Crippen molar-refractivity contribution in [2.75, 3.05) is 7.11 Å². The molecular formula is C8H5Cl3O4S. The zero-order chi connectivity index (χ0) is 12.5. The van der Waals surface area contributed by atoms with Crippen molar-refractivity contribution in [2.45, 2.75) is 4.90 Å². The maximum atomic E-state index is 11.3. The molecule has 0 saturated carbocycles. The van der Waals surface area contributed by atoms with Crippen molar-refractivity contribution in [1.29, 1.82) is 0 Å². The molecular weight excluding hydrogens is 299 g/mol. The van der Waals surface area contributed by atoms with Gasteiger partial charge in [0.2, 0.25) is 0 Å². The molecule has 0 amide bonds. The molecule has 88 valence electrons. The molecule has 4 nitrogen and oxygen atoms in total. The standard InChI is InChI=1S/C8H5Cl3O4S/c1-15-8(12)6-4(9)2-3-5(7(6)10)16(11,13)14/h2-3H,1H3. The lowest BCUT2D eigenvalue weighted by Crippen LogP contribution is -2.06. The summed E-state index contributed by atoms with van der Waals surface area (Å²) in [6.45, 7) is 0. The van der Waals surface area contributed by atoms with E-state index in [1.54, 1.807) is 0 Å². The summed E-state index contributed by atoms with van der Waals surface area (Å²) < 4.78 is 26.6. The van der Waals surface area contributed by atoms with Gasteiger partial charge in [-0.1, -0.05) is 23.2 Å². The number of carbonyl (C=O) groups is 1. The summed E-state index contributed by atoms with van der Waals surface area (Å²) in [5.41, 5.74) is -0.229. The minimum Gasteiger partial charge on any atom is -0.465 e. The highest BCUT2D eigenvalue weighted by Crippen LogP contribution is 2.33. The summed E-state index contributed by atoms with van der Waals surface area (Å²) in [6, 6.07) is 2.31. The molecule has 0 spiro atoms. The van der Waals surface area contributed by atoms with Gasteiger partial charge in [0.1, 0.15) is 4.90 Å². The fraction of sp³-hybridized carbons (Fsp3) is 0.125. The maximum absolute atomic E-state index is 11.3.